The molecule has 2 heterocycles. The van der Waals surface area contributed by atoms with Crippen LogP contribution in [0, 0.1) is 6.92 Å². The first-order chi connectivity index (χ1) is 10.1. The fourth-order valence-corrected chi connectivity index (χ4v) is 2.44. The molecule has 1 aromatic carbocycles. The van der Waals surface area contributed by atoms with E-state index in [-0.39, 0.29) is 0 Å². The highest BCUT2D eigenvalue weighted by Crippen LogP contribution is 2.19. The zero-order valence-corrected chi connectivity index (χ0v) is 12.7. The zero-order valence-electron chi connectivity index (χ0n) is 12.7. The molecule has 2 aromatic heterocycles. The van der Waals surface area contributed by atoms with E-state index in [2.05, 4.69) is 66.5 Å². The van der Waals surface area contributed by atoms with Gasteiger partial charge in [0.15, 0.2) is 5.65 Å². The molecule has 0 unspecified atom stereocenters. The van der Waals surface area contributed by atoms with Gasteiger partial charge in [-0.05, 0) is 32.4 Å². The molecule has 0 aliphatic carbocycles. The van der Waals surface area contributed by atoms with Gasteiger partial charge in [-0.1, -0.05) is 29.8 Å². The fourth-order valence-electron chi connectivity index (χ4n) is 2.44. The Kier molecular flexibility index (Phi) is 3.60. The Labute approximate surface area is 124 Å². The van der Waals surface area contributed by atoms with E-state index in [9.17, 15) is 0 Å². The molecule has 0 amide bonds. The van der Waals surface area contributed by atoms with Crippen LogP contribution in [0.25, 0.3) is 11.0 Å². The lowest BCUT2D eigenvalue weighted by molar-refractivity contribution is 0.546. The maximum absolute atomic E-state index is 4.53. The van der Waals surface area contributed by atoms with Gasteiger partial charge in [0.25, 0.3) is 0 Å². The number of aromatic nitrogens is 3. The highest BCUT2D eigenvalue weighted by molar-refractivity contribution is 5.78. The van der Waals surface area contributed by atoms with Gasteiger partial charge in [-0.3, -0.25) is 0 Å². The zero-order chi connectivity index (χ0) is 14.8. The minimum Gasteiger partial charge on any atom is -0.380 e. The van der Waals surface area contributed by atoms with E-state index < -0.39 is 0 Å². The molecule has 0 aliphatic rings. The summed E-state index contributed by atoms with van der Waals surface area (Å²) in [7, 11) is 0. The summed E-state index contributed by atoms with van der Waals surface area (Å²) >= 11 is 0. The van der Waals surface area contributed by atoms with E-state index >= 15 is 0 Å². The average Bonchev–Trinajstić information content (AvgIpc) is 2.88. The molecule has 3 rings (SSSR count). The molecule has 0 saturated heterocycles. The number of pyridine rings is 1. The number of rotatable bonds is 4. The van der Waals surface area contributed by atoms with Crippen LogP contribution in [-0.2, 0) is 6.54 Å². The van der Waals surface area contributed by atoms with Crippen molar-refractivity contribution >= 4 is 16.7 Å². The molecule has 0 radical (unpaired) electrons. The van der Waals surface area contributed by atoms with E-state index in [0.29, 0.717) is 6.04 Å². The summed E-state index contributed by atoms with van der Waals surface area (Å²) in [6.45, 7) is 7.13. The summed E-state index contributed by atoms with van der Waals surface area (Å²) in [5, 5.41) is 8.88. The second kappa shape index (κ2) is 5.56. The Balaban J connectivity index is 1.79. The van der Waals surface area contributed by atoms with Crippen molar-refractivity contribution in [3.63, 3.8) is 0 Å². The van der Waals surface area contributed by atoms with Gasteiger partial charge in [0.05, 0.1) is 18.1 Å². The molecule has 0 bridgehead atoms. The Morgan fingerprint density at radius 2 is 2.05 bits per heavy atom. The summed E-state index contributed by atoms with van der Waals surface area (Å²) < 4.78 is 1.94. The van der Waals surface area contributed by atoms with Gasteiger partial charge in [-0.25, -0.2) is 9.67 Å². The van der Waals surface area contributed by atoms with Crippen LogP contribution in [-0.4, -0.2) is 14.8 Å². The fraction of sp³-hybridized carbons (Fsp3) is 0.294. The molecule has 0 aliphatic heterocycles. The number of hydrogen-bond donors (Lipinski definition) is 1. The quantitative estimate of drug-likeness (QED) is 0.787. The van der Waals surface area contributed by atoms with Gasteiger partial charge in [-0.15, -0.1) is 0 Å². The van der Waals surface area contributed by atoms with Crippen molar-refractivity contribution < 1.29 is 0 Å². The van der Waals surface area contributed by atoms with Crippen LogP contribution in [0.15, 0.2) is 42.7 Å². The predicted octanol–water partition coefficient (Wildman–Crippen LogP) is 3.93. The van der Waals surface area contributed by atoms with Gasteiger partial charge in [-0.2, -0.15) is 5.10 Å². The molecule has 0 spiro atoms. The standard InChI is InChI=1S/C17H20N4/c1-12(2)21-17-15(10-20-21)8-16(11-19-17)18-9-14-6-4-5-13(3)7-14/h4-8,10-12,18H,9H2,1-3H3. The van der Waals surface area contributed by atoms with E-state index in [4.69, 9.17) is 0 Å². The SMILES string of the molecule is Cc1cccc(CNc2cnc3c(cnn3C(C)C)c2)c1. The van der Waals surface area contributed by atoms with E-state index in [1.54, 1.807) is 0 Å². The van der Waals surface area contributed by atoms with Gasteiger partial charge in [0.2, 0.25) is 0 Å². The number of fused-ring (bicyclic) bond motifs is 1. The average molecular weight is 280 g/mol. The monoisotopic (exact) mass is 280 g/mol. The van der Waals surface area contributed by atoms with Gasteiger partial charge >= 0.3 is 0 Å². The normalized spacial score (nSPS) is 11.2. The lowest BCUT2D eigenvalue weighted by Gasteiger charge is -2.08. The Morgan fingerprint density at radius 3 is 2.81 bits per heavy atom. The van der Waals surface area contributed by atoms with Crippen molar-refractivity contribution in [3.8, 4) is 0 Å². The molecule has 1 N–H and O–H groups in total. The maximum atomic E-state index is 4.53. The molecular formula is C17H20N4. The summed E-state index contributed by atoms with van der Waals surface area (Å²) in [5.41, 5.74) is 4.51. The lowest BCUT2D eigenvalue weighted by Crippen LogP contribution is -2.04. The number of hydrogen-bond acceptors (Lipinski definition) is 3. The van der Waals surface area contributed by atoms with Crippen LogP contribution >= 0.6 is 0 Å². The summed E-state index contributed by atoms with van der Waals surface area (Å²) in [5.74, 6) is 0. The third kappa shape index (κ3) is 2.89. The van der Waals surface area contributed by atoms with Crippen LogP contribution in [0.2, 0.25) is 0 Å². The van der Waals surface area contributed by atoms with Crippen molar-refractivity contribution in [1.82, 2.24) is 14.8 Å². The van der Waals surface area contributed by atoms with Crippen LogP contribution in [0.4, 0.5) is 5.69 Å². The van der Waals surface area contributed by atoms with Crippen LogP contribution in [0.3, 0.4) is 0 Å². The van der Waals surface area contributed by atoms with E-state index in [1.807, 2.05) is 17.1 Å². The molecule has 21 heavy (non-hydrogen) atoms. The molecule has 0 saturated carbocycles. The van der Waals surface area contributed by atoms with Crippen molar-refractivity contribution in [2.24, 2.45) is 0 Å². The Morgan fingerprint density at radius 1 is 1.19 bits per heavy atom. The minimum atomic E-state index is 0.320. The van der Waals surface area contributed by atoms with Crippen molar-refractivity contribution in [3.05, 3.63) is 53.9 Å². The molecule has 108 valence electrons. The van der Waals surface area contributed by atoms with Gasteiger partial charge in [0, 0.05) is 18.0 Å². The third-order valence-corrected chi connectivity index (χ3v) is 3.50. The second-order valence-electron chi connectivity index (χ2n) is 5.66. The Hall–Kier alpha value is -2.36. The summed E-state index contributed by atoms with van der Waals surface area (Å²) in [4.78, 5) is 4.53. The van der Waals surface area contributed by atoms with Crippen molar-refractivity contribution in [1.29, 1.82) is 0 Å². The van der Waals surface area contributed by atoms with Crippen LogP contribution < -0.4 is 5.32 Å². The minimum absolute atomic E-state index is 0.320. The van der Waals surface area contributed by atoms with Gasteiger partial charge < -0.3 is 5.32 Å². The molecular weight excluding hydrogens is 260 g/mol. The highest BCUT2D eigenvalue weighted by Gasteiger charge is 2.07. The molecule has 4 nitrogen and oxygen atoms in total. The number of nitrogens with one attached hydrogen (secondary N) is 1. The Bertz CT molecular complexity index is 758. The number of aryl methyl sites for hydroxylation is 1. The summed E-state index contributed by atoms with van der Waals surface area (Å²) in [6.07, 6.45) is 3.75. The van der Waals surface area contributed by atoms with Crippen LogP contribution in [0.1, 0.15) is 31.0 Å². The molecule has 3 aromatic rings. The largest absolute Gasteiger partial charge is 0.380 e. The third-order valence-electron chi connectivity index (χ3n) is 3.50. The summed E-state index contributed by atoms with van der Waals surface area (Å²) in [6, 6.07) is 10.9. The highest BCUT2D eigenvalue weighted by atomic mass is 15.3. The van der Waals surface area contributed by atoms with Crippen LogP contribution in [0.5, 0.6) is 0 Å². The number of benzene rings is 1. The first-order valence-corrected chi connectivity index (χ1v) is 7.26. The first-order valence-electron chi connectivity index (χ1n) is 7.26. The van der Waals surface area contributed by atoms with E-state index in [1.165, 1.54) is 11.1 Å². The molecule has 0 fully saturated rings. The number of anilines is 1. The molecule has 4 heteroatoms. The van der Waals surface area contributed by atoms with Crippen molar-refractivity contribution in [2.75, 3.05) is 5.32 Å². The second-order valence-corrected chi connectivity index (χ2v) is 5.66. The maximum Gasteiger partial charge on any atom is 0.158 e. The lowest BCUT2D eigenvalue weighted by atomic mass is 10.1. The molecule has 0 atom stereocenters. The smallest absolute Gasteiger partial charge is 0.158 e. The van der Waals surface area contributed by atoms with Gasteiger partial charge in [0.1, 0.15) is 0 Å². The topological polar surface area (TPSA) is 42.7 Å². The first kappa shape index (κ1) is 13.6. The predicted molar refractivity (Wildman–Crippen MR) is 86.4 cm³/mol. The van der Waals surface area contributed by atoms with E-state index in [0.717, 1.165) is 23.3 Å². The number of nitrogens with zero attached hydrogens (tertiary/aromatic N) is 3. The van der Waals surface area contributed by atoms with Crippen molar-refractivity contribution in [2.45, 2.75) is 33.4 Å².